The van der Waals surface area contributed by atoms with Gasteiger partial charge < -0.3 is 15.4 Å². The largest absolute Gasteiger partial charge is 0.488 e. The molecule has 0 amide bonds. The molecule has 0 saturated heterocycles. The highest BCUT2D eigenvalue weighted by Crippen LogP contribution is 2.28. The van der Waals surface area contributed by atoms with E-state index in [1.54, 1.807) is 7.05 Å². The third-order valence-electron chi connectivity index (χ3n) is 3.49. The molecule has 1 aliphatic carbocycles. The molecule has 4 nitrogen and oxygen atoms in total. The van der Waals surface area contributed by atoms with E-state index in [1.807, 2.05) is 18.2 Å². The number of para-hydroxylation sites is 1. The second-order valence-corrected chi connectivity index (χ2v) is 6.71. The number of nitrogens with one attached hydrogen (secondary N) is 2. The first-order valence-corrected chi connectivity index (χ1v) is 7.63. The van der Waals surface area contributed by atoms with Crippen molar-refractivity contribution in [3.05, 3.63) is 29.8 Å². The highest BCUT2D eigenvalue weighted by Gasteiger charge is 2.33. The maximum absolute atomic E-state index is 6.01. The van der Waals surface area contributed by atoms with Gasteiger partial charge in [-0.2, -0.15) is 0 Å². The summed E-state index contributed by atoms with van der Waals surface area (Å²) in [5.41, 5.74) is 0.943. The SMILES string of the molecule is CN=C(NCc1ccccc1OC(C)(C)C)NC1CC1C. The minimum absolute atomic E-state index is 0.195. The van der Waals surface area contributed by atoms with Gasteiger partial charge in [-0.1, -0.05) is 25.1 Å². The van der Waals surface area contributed by atoms with Crippen LogP contribution in [-0.4, -0.2) is 24.7 Å². The summed E-state index contributed by atoms with van der Waals surface area (Å²) in [6.45, 7) is 9.13. The molecule has 2 unspecified atom stereocenters. The minimum Gasteiger partial charge on any atom is -0.488 e. The van der Waals surface area contributed by atoms with E-state index in [4.69, 9.17) is 4.74 Å². The Labute approximate surface area is 128 Å². The molecule has 0 heterocycles. The summed E-state index contributed by atoms with van der Waals surface area (Å²) in [5.74, 6) is 2.53. The average Bonchev–Trinajstić information content (AvgIpc) is 3.09. The van der Waals surface area contributed by atoms with Crippen LogP contribution in [0.3, 0.4) is 0 Å². The molecular formula is C17H27N3O. The Balaban J connectivity index is 1.95. The van der Waals surface area contributed by atoms with Crippen LogP contribution in [0.5, 0.6) is 5.75 Å². The van der Waals surface area contributed by atoms with Crippen LogP contribution in [0.4, 0.5) is 0 Å². The van der Waals surface area contributed by atoms with Crippen molar-refractivity contribution >= 4 is 5.96 Å². The molecule has 0 radical (unpaired) electrons. The Morgan fingerprint density at radius 2 is 2.00 bits per heavy atom. The number of hydrogen-bond donors (Lipinski definition) is 2. The van der Waals surface area contributed by atoms with Gasteiger partial charge in [0, 0.05) is 25.2 Å². The third kappa shape index (κ3) is 4.96. The lowest BCUT2D eigenvalue weighted by Crippen LogP contribution is -2.38. The summed E-state index contributed by atoms with van der Waals surface area (Å²) in [7, 11) is 1.81. The third-order valence-corrected chi connectivity index (χ3v) is 3.49. The van der Waals surface area contributed by atoms with Crippen LogP contribution in [0.2, 0.25) is 0 Å². The quantitative estimate of drug-likeness (QED) is 0.662. The molecule has 1 aliphatic rings. The minimum atomic E-state index is -0.195. The van der Waals surface area contributed by atoms with E-state index in [0.717, 1.165) is 23.2 Å². The molecule has 4 heteroatoms. The first-order chi connectivity index (χ1) is 9.89. The lowest BCUT2D eigenvalue weighted by molar-refractivity contribution is 0.129. The Morgan fingerprint density at radius 3 is 2.57 bits per heavy atom. The second-order valence-electron chi connectivity index (χ2n) is 6.71. The Kier molecular flexibility index (Phi) is 4.76. The number of rotatable bonds is 4. The van der Waals surface area contributed by atoms with E-state index in [0.29, 0.717) is 12.6 Å². The predicted molar refractivity (Wildman–Crippen MR) is 87.7 cm³/mol. The zero-order chi connectivity index (χ0) is 15.5. The summed E-state index contributed by atoms with van der Waals surface area (Å²) in [6, 6.07) is 8.70. The van der Waals surface area contributed by atoms with E-state index < -0.39 is 0 Å². The fourth-order valence-electron chi connectivity index (χ4n) is 2.15. The van der Waals surface area contributed by atoms with Crippen molar-refractivity contribution in [2.24, 2.45) is 10.9 Å². The van der Waals surface area contributed by atoms with Gasteiger partial charge in [0.05, 0.1) is 0 Å². The molecule has 0 aliphatic heterocycles. The molecule has 1 saturated carbocycles. The molecule has 2 N–H and O–H groups in total. The standard InChI is InChI=1S/C17H27N3O/c1-12-10-14(12)20-16(18-5)19-11-13-8-6-7-9-15(13)21-17(2,3)4/h6-9,12,14H,10-11H2,1-5H3,(H2,18,19,20). The van der Waals surface area contributed by atoms with Crippen LogP contribution in [0.15, 0.2) is 29.3 Å². The number of hydrogen-bond acceptors (Lipinski definition) is 2. The topological polar surface area (TPSA) is 45.7 Å². The van der Waals surface area contributed by atoms with Gasteiger partial charge in [0.2, 0.25) is 0 Å². The van der Waals surface area contributed by atoms with Crippen LogP contribution >= 0.6 is 0 Å². The molecular weight excluding hydrogens is 262 g/mol. The summed E-state index contributed by atoms with van der Waals surface area (Å²) in [4.78, 5) is 4.28. The van der Waals surface area contributed by atoms with Crippen molar-refractivity contribution in [1.29, 1.82) is 0 Å². The van der Waals surface area contributed by atoms with Crippen molar-refractivity contribution in [3.8, 4) is 5.75 Å². The maximum atomic E-state index is 6.01. The monoisotopic (exact) mass is 289 g/mol. The van der Waals surface area contributed by atoms with E-state index in [9.17, 15) is 0 Å². The average molecular weight is 289 g/mol. The summed E-state index contributed by atoms with van der Waals surface area (Å²) in [5, 5.41) is 6.79. The van der Waals surface area contributed by atoms with E-state index in [1.165, 1.54) is 6.42 Å². The Bertz CT molecular complexity index is 505. The lowest BCUT2D eigenvalue weighted by atomic mass is 10.1. The molecule has 2 atom stereocenters. The second kappa shape index (κ2) is 6.37. The summed E-state index contributed by atoms with van der Waals surface area (Å²) >= 11 is 0. The number of benzene rings is 1. The van der Waals surface area contributed by atoms with E-state index >= 15 is 0 Å². The fraction of sp³-hybridized carbons (Fsp3) is 0.588. The van der Waals surface area contributed by atoms with Crippen molar-refractivity contribution < 1.29 is 4.74 Å². The van der Waals surface area contributed by atoms with Gasteiger partial charge in [-0.05, 0) is 39.2 Å². The molecule has 1 aromatic carbocycles. The number of ether oxygens (including phenoxy) is 1. The van der Waals surface area contributed by atoms with Gasteiger partial charge in [0.1, 0.15) is 11.4 Å². The smallest absolute Gasteiger partial charge is 0.191 e. The molecule has 0 bridgehead atoms. The first-order valence-electron chi connectivity index (χ1n) is 7.63. The lowest BCUT2D eigenvalue weighted by Gasteiger charge is -2.23. The zero-order valence-electron chi connectivity index (χ0n) is 13.7. The van der Waals surface area contributed by atoms with Crippen LogP contribution in [-0.2, 0) is 6.54 Å². The van der Waals surface area contributed by atoms with Crippen molar-refractivity contribution in [2.75, 3.05) is 7.05 Å². The predicted octanol–water partition coefficient (Wildman–Crippen LogP) is 2.94. The maximum Gasteiger partial charge on any atom is 0.191 e. The highest BCUT2D eigenvalue weighted by atomic mass is 16.5. The van der Waals surface area contributed by atoms with E-state index in [-0.39, 0.29) is 5.60 Å². The van der Waals surface area contributed by atoms with Gasteiger partial charge in [-0.3, -0.25) is 4.99 Å². The zero-order valence-corrected chi connectivity index (χ0v) is 13.7. The fourth-order valence-corrected chi connectivity index (χ4v) is 2.15. The molecule has 0 aromatic heterocycles. The molecule has 116 valence electrons. The van der Waals surface area contributed by atoms with Gasteiger partial charge in [0.25, 0.3) is 0 Å². The summed E-state index contributed by atoms with van der Waals surface area (Å²) in [6.07, 6.45) is 1.23. The molecule has 1 aromatic rings. The van der Waals surface area contributed by atoms with E-state index in [2.05, 4.69) is 49.4 Å². The van der Waals surface area contributed by atoms with Crippen LogP contribution in [0, 0.1) is 5.92 Å². The Morgan fingerprint density at radius 1 is 1.33 bits per heavy atom. The van der Waals surface area contributed by atoms with Crippen molar-refractivity contribution in [3.63, 3.8) is 0 Å². The summed E-state index contributed by atoms with van der Waals surface area (Å²) < 4.78 is 6.01. The van der Waals surface area contributed by atoms with Gasteiger partial charge in [0.15, 0.2) is 5.96 Å². The number of guanidine groups is 1. The Hall–Kier alpha value is -1.71. The van der Waals surface area contributed by atoms with Gasteiger partial charge in [-0.25, -0.2) is 0 Å². The van der Waals surface area contributed by atoms with Crippen molar-refractivity contribution in [2.45, 2.75) is 52.3 Å². The number of nitrogens with zero attached hydrogens (tertiary/aromatic N) is 1. The molecule has 21 heavy (non-hydrogen) atoms. The van der Waals surface area contributed by atoms with Crippen LogP contribution in [0.25, 0.3) is 0 Å². The number of aliphatic imine (C=N–C) groups is 1. The molecule has 0 spiro atoms. The van der Waals surface area contributed by atoms with Crippen LogP contribution in [0.1, 0.15) is 39.7 Å². The molecule has 1 fully saturated rings. The van der Waals surface area contributed by atoms with Gasteiger partial charge >= 0.3 is 0 Å². The first kappa shape index (κ1) is 15.7. The van der Waals surface area contributed by atoms with Crippen molar-refractivity contribution in [1.82, 2.24) is 10.6 Å². The van der Waals surface area contributed by atoms with Crippen LogP contribution < -0.4 is 15.4 Å². The highest BCUT2D eigenvalue weighted by molar-refractivity contribution is 5.80. The normalized spacial score (nSPS) is 21.9. The van der Waals surface area contributed by atoms with Gasteiger partial charge in [-0.15, -0.1) is 0 Å². The molecule has 2 rings (SSSR count).